The highest BCUT2D eigenvalue weighted by atomic mass is 19.1. The molecule has 1 atom stereocenters. The van der Waals surface area contributed by atoms with Gasteiger partial charge in [0.2, 0.25) is 11.8 Å². The first-order chi connectivity index (χ1) is 14.3. The number of likely N-dealkylation sites (N-methyl/N-ethyl adjacent to an activating group) is 1. The van der Waals surface area contributed by atoms with E-state index >= 15 is 0 Å². The van der Waals surface area contributed by atoms with Gasteiger partial charge in [-0.05, 0) is 50.2 Å². The molecule has 0 radical (unpaired) electrons. The Hall–Kier alpha value is -2.93. The Labute approximate surface area is 177 Å². The molecular formula is C23H29FN4O2. The van der Waals surface area contributed by atoms with E-state index in [0.717, 1.165) is 43.1 Å². The molecule has 0 spiro atoms. The molecule has 1 aliphatic heterocycles. The first-order valence-electron chi connectivity index (χ1n) is 10.2. The number of aryl methyl sites for hydroxylation is 1. The molecule has 1 saturated heterocycles. The Morgan fingerprint density at radius 1 is 1.03 bits per heavy atom. The van der Waals surface area contributed by atoms with E-state index in [1.807, 2.05) is 38.1 Å². The van der Waals surface area contributed by atoms with Crippen LogP contribution in [0.25, 0.3) is 0 Å². The number of anilines is 2. The van der Waals surface area contributed by atoms with Crippen molar-refractivity contribution >= 4 is 23.2 Å². The summed E-state index contributed by atoms with van der Waals surface area (Å²) < 4.78 is 13.1. The van der Waals surface area contributed by atoms with Crippen molar-refractivity contribution in [2.75, 3.05) is 50.0 Å². The second kappa shape index (κ2) is 9.71. The van der Waals surface area contributed by atoms with Gasteiger partial charge >= 0.3 is 0 Å². The Morgan fingerprint density at radius 2 is 1.63 bits per heavy atom. The molecule has 0 unspecified atom stereocenters. The second-order valence-electron chi connectivity index (χ2n) is 7.78. The number of hydrogen-bond donors (Lipinski definition) is 1. The van der Waals surface area contributed by atoms with Crippen LogP contribution in [0.1, 0.15) is 12.5 Å². The van der Waals surface area contributed by atoms with Gasteiger partial charge in [0, 0.05) is 44.6 Å². The number of rotatable bonds is 6. The zero-order chi connectivity index (χ0) is 21.7. The highest BCUT2D eigenvalue weighted by molar-refractivity contribution is 5.95. The fourth-order valence-electron chi connectivity index (χ4n) is 3.63. The molecular weight excluding hydrogens is 383 g/mol. The van der Waals surface area contributed by atoms with E-state index in [-0.39, 0.29) is 30.2 Å². The van der Waals surface area contributed by atoms with Gasteiger partial charge < -0.3 is 15.1 Å². The molecule has 0 aromatic heterocycles. The summed E-state index contributed by atoms with van der Waals surface area (Å²) in [6, 6.07) is 13.7. The number of nitrogens with zero attached hydrogens (tertiary/aromatic N) is 3. The smallest absolute Gasteiger partial charge is 0.243 e. The van der Waals surface area contributed by atoms with Crippen LogP contribution in [0.15, 0.2) is 48.5 Å². The average molecular weight is 413 g/mol. The Bertz CT molecular complexity index is 862. The average Bonchev–Trinajstić information content (AvgIpc) is 2.75. The molecule has 2 aromatic carbocycles. The van der Waals surface area contributed by atoms with E-state index < -0.39 is 0 Å². The van der Waals surface area contributed by atoms with Gasteiger partial charge in [0.1, 0.15) is 5.82 Å². The molecule has 2 amide bonds. The molecule has 6 nitrogen and oxygen atoms in total. The Kier molecular flexibility index (Phi) is 7.05. The number of amides is 2. The molecule has 2 aromatic rings. The third kappa shape index (κ3) is 5.57. The van der Waals surface area contributed by atoms with Gasteiger partial charge in [-0.2, -0.15) is 0 Å². The highest BCUT2D eigenvalue weighted by Crippen LogP contribution is 2.18. The van der Waals surface area contributed by atoms with E-state index in [4.69, 9.17) is 0 Å². The van der Waals surface area contributed by atoms with Crippen LogP contribution in [0.3, 0.4) is 0 Å². The lowest BCUT2D eigenvalue weighted by Crippen LogP contribution is -2.54. The second-order valence-corrected chi connectivity index (χ2v) is 7.78. The predicted octanol–water partition coefficient (Wildman–Crippen LogP) is 2.74. The quantitative estimate of drug-likeness (QED) is 0.793. The molecule has 1 aliphatic rings. The van der Waals surface area contributed by atoms with Gasteiger partial charge in [-0.1, -0.05) is 17.7 Å². The third-order valence-electron chi connectivity index (χ3n) is 5.50. The maximum atomic E-state index is 13.1. The summed E-state index contributed by atoms with van der Waals surface area (Å²) in [6.45, 7) is 6.86. The van der Waals surface area contributed by atoms with E-state index in [1.54, 1.807) is 19.2 Å². The number of piperazine rings is 1. The van der Waals surface area contributed by atoms with Crippen molar-refractivity contribution in [1.29, 1.82) is 0 Å². The van der Waals surface area contributed by atoms with Crippen molar-refractivity contribution < 1.29 is 14.0 Å². The normalized spacial score (nSPS) is 15.5. The van der Waals surface area contributed by atoms with Gasteiger partial charge in [0.25, 0.3) is 0 Å². The molecule has 7 heteroatoms. The molecule has 0 saturated carbocycles. The van der Waals surface area contributed by atoms with Crippen LogP contribution < -0.4 is 10.2 Å². The molecule has 30 heavy (non-hydrogen) atoms. The van der Waals surface area contributed by atoms with Crippen LogP contribution in [0.2, 0.25) is 0 Å². The highest BCUT2D eigenvalue weighted by Gasteiger charge is 2.28. The molecule has 0 bridgehead atoms. The van der Waals surface area contributed by atoms with E-state index in [1.165, 1.54) is 17.0 Å². The number of nitrogens with one attached hydrogen (secondary N) is 1. The monoisotopic (exact) mass is 412 g/mol. The topological polar surface area (TPSA) is 55.9 Å². The van der Waals surface area contributed by atoms with E-state index in [2.05, 4.69) is 15.1 Å². The minimum absolute atomic E-state index is 0.00654. The summed E-state index contributed by atoms with van der Waals surface area (Å²) in [7, 11) is 1.66. The van der Waals surface area contributed by atoms with E-state index in [0.29, 0.717) is 0 Å². The van der Waals surface area contributed by atoms with Crippen molar-refractivity contribution in [3.63, 3.8) is 0 Å². The summed E-state index contributed by atoms with van der Waals surface area (Å²) in [5.41, 5.74) is 2.82. The van der Waals surface area contributed by atoms with Crippen molar-refractivity contribution in [1.82, 2.24) is 9.80 Å². The van der Waals surface area contributed by atoms with Crippen molar-refractivity contribution in [2.24, 2.45) is 0 Å². The zero-order valence-corrected chi connectivity index (χ0v) is 17.8. The fourth-order valence-corrected chi connectivity index (χ4v) is 3.63. The number of carbonyl (C=O) groups excluding carboxylic acids is 2. The van der Waals surface area contributed by atoms with Crippen LogP contribution in [0.4, 0.5) is 15.8 Å². The zero-order valence-electron chi connectivity index (χ0n) is 17.8. The van der Waals surface area contributed by atoms with Gasteiger partial charge in [-0.3, -0.25) is 14.5 Å². The SMILES string of the molecule is Cc1ccc(NC(=O)CN(C)C(=O)[C@@H](C)N2CCN(c3ccc(F)cc3)CC2)cc1. The maximum absolute atomic E-state index is 13.1. The van der Waals surface area contributed by atoms with Crippen LogP contribution in [-0.2, 0) is 9.59 Å². The summed E-state index contributed by atoms with van der Waals surface area (Å²) >= 11 is 0. The van der Waals surface area contributed by atoms with Crippen LogP contribution >= 0.6 is 0 Å². The number of hydrogen-bond acceptors (Lipinski definition) is 4. The van der Waals surface area contributed by atoms with Crippen LogP contribution in [0, 0.1) is 12.7 Å². The molecule has 1 fully saturated rings. The predicted molar refractivity (Wildman–Crippen MR) is 117 cm³/mol. The minimum atomic E-state index is -0.308. The van der Waals surface area contributed by atoms with Crippen LogP contribution in [-0.4, -0.2) is 67.4 Å². The Morgan fingerprint density at radius 3 is 2.23 bits per heavy atom. The molecule has 3 rings (SSSR count). The molecule has 0 aliphatic carbocycles. The van der Waals surface area contributed by atoms with Gasteiger partial charge in [-0.15, -0.1) is 0 Å². The lowest BCUT2D eigenvalue weighted by Gasteiger charge is -2.39. The van der Waals surface area contributed by atoms with Crippen molar-refractivity contribution in [3.05, 3.63) is 59.9 Å². The first-order valence-corrected chi connectivity index (χ1v) is 10.2. The lowest BCUT2D eigenvalue weighted by atomic mass is 10.2. The Balaban J connectivity index is 1.48. The molecule has 1 heterocycles. The number of carbonyl (C=O) groups is 2. The van der Waals surface area contributed by atoms with Crippen LogP contribution in [0.5, 0.6) is 0 Å². The minimum Gasteiger partial charge on any atom is -0.369 e. The summed E-state index contributed by atoms with van der Waals surface area (Å²) in [5, 5.41) is 2.82. The lowest BCUT2D eigenvalue weighted by molar-refractivity contribution is -0.137. The summed E-state index contributed by atoms with van der Waals surface area (Å²) in [6.07, 6.45) is 0. The van der Waals surface area contributed by atoms with Gasteiger partial charge in [0.05, 0.1) is 12.6 Å². The number of benzene rings is 2. The maximum Gasteiger partial charge on any atom is 0.243 e. The van der Waals surface area contributed by atoms with Gasteiger partial charge in [-0.25, -0.2) is 4.39 Å². The van der Waals surface area contributed by atoms with E-state index in [9.17, 15) is 14.0 Å². The third-order valence-corrected chi connectivity index (χ3v) is 5.50. The first kappa shape index (κ1) is 21.8. The molecule has 1 N–H and O–H groups in total. The fraction of sp³-hybridized carbons (Fsp3) is 0.391. The standard InChI is InChI=1S/C23H29FN4O2/c1-17-4-8-20(9-5-17)25-22(29)16-26(3)23(30)18(2)27-12-14-28(15-13-27)21-10-6-19(24)7-11-21/h4-11,18H,12-16H2,1-3H3,(H,25,29)/t18-/m1/s1. The summed E-state index contributed by atoms with van der Waals surface area (Å²) in [4.78, 5) is 30.9. The number of halogens is 1. The molecule has 160 valence electrons. The van der Waals surface area contributed by atoms with Crippen molar-refractivity contribution in [3.8, 4) is 0 Å². The summed E-state index contributed by atoms with van der Waals surface area (Å²) in [5.74, 6) is -0.543. The largest absolute Gasteiger partial charge is 0.369 e. The van der Waals surface area contributed by atoms with Gasteiger partial charge in [0.15, 0.2) is 0 Å². The van der Waals surface area contributed by atoms with Crippen molar-refractivity contribution in [2.45, 2.75) is 19.9 Å².